The summed E-state index contributed by atoms with van der Waals surface area (Å²) in [6, 6.07) is 50.5. The van der Waals surface area contributed by atoms with Crippen LogP contribution in [0, 0.1) is 0 Å². The number of nitrogens with zero attached hydrogens (tertiary/aromatic N) is 6. The normalized spacial score (nSPS) is 15.2. The van der Waals surface area contributed by atoms with Crippen LogP contribution in [0.2, 0.25) is 0 Å². The molecule has 1 aliphatic rings. The predicted octanol–water partition coefficient (Wildman–Crippen LogP) is 15.1. The minimum absolute atomic E-state index is 0.229. The van der Waals surface area contributed by atoms with Crippen LogP contribution in [0.5, 0.6) is 11.5 Å². The molecule has 0 bridgehead atoms. The SMILES string of the molecule is [2H]C([2H])([2H])n1c2ccc(C(C)(C)C)cc2c2cc3c4cc(C(C)(C)C)ccc4n(C([2H])([2H])[2H])c3c(N3CN(c4cccc(Oc5ccc6c7ccccc7n(-c7ccccn7)c6c5)c4)c4ccccc43)c21. The van der Waals surface area contributed by atoms with Gasteiger partial charge in [-0.25, -0.2) is 4.98 Å². The largest absolute Gasteiger partial charge is 0.457 e. The van der Waals surface area contributed by atoms with Gasteiger partial charge in [-0.05, 0) is 107 Å². The van der Waals surface area contributed by atoms with Gasteiger partial charge in [-0.2, -0.15) is 0 Å². The summed E-state index contributed by atoms with van der Waals surface area (Å²) in [4.78, 5) is 8.99. The van der Waals surface area contributed by atoms with Crippen molar-refractivity contribution < 1.29 is 13.0 Å². The second-order valence-electron chi connectivity index (χ2n) is 19.5. The van der Waals surface area contributed by atoms with Crippen LogP contribution in [0.25, 0.3) is 71.2 Å². The molecule has 4 aromatic heterocycles. The highest BCUT2D eigenvalue weighted by Gasteiger charge is 2.33. The van der Waals surface area contributed by atoms with Gasteiger partial charge in [0.2, 0.25) is 0 Å². The van der Waals surface area contributed by atoms with Gasteiger partial charge >= 0.3 is 0 Å². The molecule has 0 spiro atoms. The Hall–Kier alpha value is -7.51. The average Bonchev–Trinajstić information content (AvgIpc) is 4.07. The number of aryl methyl sites for hydroxylation is 2. The van der Waals surface area contributed by atoms with Gasteiger partial charge in [0, 0.05) is 89.5 Å². The van der Waals surface area contributed by atoms with E-state index in [1.54, 1.807) is 6.20 Å². The average molecular weight is 855 g/mol. The molecular weight excluding hydrogens is 797 g/mol. The Morgan fingerprint density at radius 3 is 1.75 bits per heavy atom. The van der Waals surface area contributed by atoms with Crippen molar-refractivity contribution in [2.24, 2.45) is 14.0 Å². The molecule has 0 saturated heterocycles. The van der Waals surface area contributed by atoms with Crippen molar-refractivity contribution in [1.29, 1.82) is 0 Å². The van der Waals surface area contributed by atoms with Gasteiger partial charge in [0.05, 0.1) is 39.1 Å². The Morgan fingerprint density at radius 1 is 0.492 bits per heavy atom. The molecule has 0 atom stereocenters. The highest BCUT2D eigenvalue weighted by atomic mass is 16.5. The van der Waals surface area contributed by atoms with Gasteiger partial charge in [-0.15, -0.1) is 0 Å². The van der Waals surface area contributed by atoms with Gasteiger partial charge in [0.1, 0.15) is 24.0 Å². The van der Waals surface area contributed by atoms with Crippen molar-refractivity contribution in [3.05, 3.63) is 169 Å². The van der Waals surface area contributed by atoms with E-state index in [9.17, 15) is 8.22 Å². The summed E-state index contributed by atoms with van der Waals surface area (Å²) in [5, 5.41) is 5.27. The molecule has 0 saturated carbocycles. The summed E-state index contributed by atoms with van der Waals surface area (Å²) in [6.07, 6.45) is 1.80. The van der Waals surface area contributed by atoms with E-state index < -0.39 is 14.0 Å². The van der Waals surface area contributed by atoms with Crippen LogP contribution >= 0.6 is 0 Å². The molecular formula is C58H52N6O. The van der Waals surface area contributed by atoms with Gasteiger partial charge < -0.3 is 23.7 Å². The Bertz CT molecular complexity index is 3840. The van der Waals surface area contributed by atoms with E-state index >= 15 is 0 Å². The summed E-state index contributed by atoms with van der Waals surface area (Å²) in [6.45, 7) is 7.86. The fraction of sp³-hybridized carbons (Fsp3) is 0.190. The molecule has 0 aliphatic carbocycles. The number of pyridine rings is 1. The summed E-state index contributed by atoms with van der Waals surface area (Å²) in [7, 11) is 0. The molecule has 1 aliphatic heterocycles. The topological polar surface area (TPSA) is 43.4 Å². The van der Waals surface area contributed by atoms with Crippen molar-refractivity contribution in [2.75, 3.05) is 16.5 Å². The predicted molar refractivity (Wildman–Crippen MR) is 272 cm³/mol. The lowest BCUT2D eigenvalue weighted by atomic mass is 9.86. The number of hydrogen-bond donors (Lipinski definition) is 0. The van der Waals surface area contributed by atoms with E-state index in [1.807, 2.05) is 115 Å². The fourth-order valence-electron chi connectivity index (χ4n) is 10.1. The minimum Gasteiger partial charge on any atom is -0.457 e. The molecule has 7 nitrogen and oxygen atoms in total. The molecule has 320 valence electrons. The quantitative estimate of drug-likeness (QED) is 0.173. The van der Waals surface area contributed by atoms with Crippen molar-refractivity contribution in [3.8, 4) is 17.3 Å². The van der Waals surface area contributed by atoms with Crippen LogP contribution in [-0.2, 0) is 24.8 Å². The second-order valence-corrected chi connectivity index (χ2v) is 19.5. The van der Waals surface area contributed by atoms with Crippen LogP contribution in [0.15, 0.2) is 158 Å². The van der Waals surface area contributed by atoms with Crippen LogP contribution in [0.1, 0.15) is 60.9 Å². The highest BCUT2D eigenvalue weighted by Crippen LogP contribution is 2.52. The maximum Gasteiger partial charge on any atom is 0.137 e. The number of hydrogen-bond acceptors (Lipinski definition) is 4. The first-order valence-electron chi connectivity index (χ1n) is 25.2. The molecule has 0 unspecified atom stereocenters. The molecule has 0 N–H and O–H groups in total. The van der Waals surface area contributed by atoms with E-state index in [0.717, 1.165) is 77.4 Å². The molecule has 12 rings (SSSR count). The summed E-state index contributed by atoms with van der Waals surface area (Å²) in [5.74, 6) is 2.09. The lowest BCUT2D eigenvalue weighted by molar-refractivity contribution is 0.483. The Kier molecular flexibility index (Phi) is 7.12. The van der Waals surface area contributed by atoms with E-state index in [-0.39, 0.29) is 17.5 Å². The van der Waals surface area contributed by atoms with Crippen LogP contribution in [0.4, 0.5) is 22.7 Å². The molecule has 0 fully saturated rings. The van der Waals surface area contributed by atoms with Crippen molar-refractivity contribution in [3.63, 3.8) is 0 Å². The second kappa shape index (κ2) is 14.0. The molecule has 7 aromatic carbocycles. The number of anilines is 4. The first kappa shape index (κ1) is 33.1. The molecule has 0 radical (unpaired) electrons. The maximum atomic E-state index is 9.18. The number of fused-ring (bicyclic) bond motifs is 10. The number of rotatable bonds is 5. The third-order valence-corrected chi connectivity index (χ3v) is 13.4. The summed E-state index contributed by atoms with van der Waals surface area (Å²) >= 11 is 0. The molecule has 11 aromatic rings. The molecule has 65 heavy (non-hydrogen) atoms. The Labute approximate surface area is 387 Å². The summed E-state index contributed by atoms with van der Waals surface area (Å²) < 4.78 is 66.9. The third kappa shape index (κ3) is 5.98. The molecule has 7 heteroatoms. The van der Waals surface area contributed by atoms with E-state index in [1.165, 1.54) is 9.13 Å². The highest BCUT2D eigenvalue weighted by molar-refractivity contribution is 6.25. The smallest absolute Gasteiger partial charge is 0.137 e. The first-order valence-corrected chi connectivity index (χ1v) is 22.2. The molecule has 0 amide bonds. The van der Waals surface area contributed by atoms with E-state index in [2.05, 4.69) is 92.3 Å². The lowest BCUT2D eigenvalue weighted by Crippen LogP contribution is -2.25. The van der Waals surface area contributed by atoms with Crippen molar-refractivity contribution in [2.45, 2.75) is 52.4 Å². The zero-order valence-corrected chi connectivity index (χ0v) is 37.3. The van der Waals surface area contributed by atoms with Crippen molar-refractivity contribution in [1.82, 2.24) is 18.7 Å². The van der Waals surface area contributed by atoms with Gasteiger partial charge in [0.25, 0.3) is 0 Å². The third-order valence-electron chi connectivity index (χ3n) is 13.4. The van der Waals surface area contributed by atoms with E-state index in [4.69, 9.17) is 9.72 Å². The number of para-hydroxylation sites is 3. The number of aromatic nitrogens is 4. The maximum absolute atomic E-state index is 9.18. The minimum atomic E-state index is -2.64. The summed E-state index contributed by atoms with van der Waals surface area (Å²) in [5.41, 5.74) is 8.68. The zero-order chi connectivity index (χ0) is 49.5. The van der Waals surface area contributed by atoms with Crippen LogP contribution in [0.3, 0.4) is 0 Å². The fourth-order valence-corrected chi connectivity index (χ4v) is 10.1. The lowest BCUT2D eigenvalue weighted by Gasteiger charge is -2.25. The number of ether oxygens (including phenoxy) is 1. The molecule has 5 heterocycles. The van der Waals surface area contributed by atoms with Crippen molar-refractivity contribution >= 4 is 88.2 Å². The van der Waals surface area contributed by atoms with Gasteiger partial charge in [-0.3, -0.25) is 4.57 Å². The van der Waals surface area contributed by atoms with Crippen LogP contribution < -0.4 is 14.5 Å². The van der Waals surface area contributed by atoms with Gasteiger partial charge in [-0.1, -0.05) is 96.1 Å². The Morgan fingerprint density at radius 2 is 1.11 bits per heavy atom. The monoisotopic (exact) mass is 854 g/mol. The van der Waals surface area contributed by atoms with E-state index in [0.29, 0.717) is 39.3 Å². The standard InChI is InChI=1S/C58H52N6O/c1-57(2,3)36-23-27-47-43(30-36)45-34-46-44-31-37(58(4,5)6)24-28-48(44)61(8)55(46)56(54(45)60(47)7)63-35-62(50-20-11-12-21-51(50)63)38-16-15-17-39(32-38)65-40-25-26-42-41-18-9-10-19-49(41)64(52(42)33-40)53-22-13-14-29-59-53/h9-34H,35H2,1-8H3/i7D3,8D3. The number of benzene rings is 7. The Balaban J connectivity index is 1.07. The zero-order valence-electron chi connectivity index (χ0n) is 43.3. The van der Waals surface area contributed by atoms with Crippen LogP contribution in [-0.4, -0.2) is 25.4 Å². The van der Waals surface area contributed by atoms with Gasteiger partial charge in [0.15, 0.2) is 0 Å². The first-order chi connectivity index (χ1) is 33.8.